The third-order valence-electron chi connectivity index (χ3n) is 3.51. The van der Waals surface area contributed by atoms with Crippen LogP contribution in [-0.4, -0.2) is 45.8 Å². The predicted octanol–water partition coefficient (Wildman–Crippen LogP) is 3.82. The van der Waals surface area contributed by atoms with Crippen molar-refractivity contribution < 1.29 is 23.7 Å². The number of hydrogen-bond acceptors (Lipinski definition) is 5. The first-order valence-corrected chi connectivity index (χ1v) is 8.37. The van der Waals surface area contributed by atoms with Gasteiger partial charge >= 0.3 is 5.97 Å². The molecule has 0 amide bonds. The fourth-order valence-corrected chi connectivity index (χ4v) is 2.28. The zero-order valence-corrected chi connectivity index (χ0v) is 15.9. The van der Waals surface area contributed by atoms with Gasteiger partial charge in [-0.3, -0.25) is 0 Å². The number of methoxy groups -OCH3 is 2. The van der Waals surface area contributed by atoms with Crippen LogP contribution in [0.1, 0.15) is 26.7 Å². The highest BCUT2D eigenvalue weighted by atomic mass is 16.7. The van der Waals surface area contributed by atoms with Crippen LogP contribution in [0.25, 0.3) is 0 Å². The number of allylic oxidation sites excluding steroid dienone is 2. The van der Waals surface area contributed by atoms with Crippen LogP contribution in [0.5, 0.6) is 0 Å². The van der Waals surface area contributed by atoms with E-state index in [4.69, 9.17) is 18.9 Å². The van der Waals surface area contributed by atoms with Gasteiger partial charge < -0.3 is 18.9 Å². The van der Waals surface area contributed by atoms with E-state index < -0.39 is 0 Å². The largest absolute Gasteiger partial charge is 0.458 e. The molecule has 3 atom stereocenters. The summed E-state index contributed by atoms with van der Waals surface area (Å²) in [6.07, 6.45) is 9.87. The maximum atomic E-state index is 11.6. The average molecular weight is 352 g/mol. The van der Waals surface area contributed by atoms with Crippen LogP contribution in [0.2, 0.25) is 0 Å². The smallest absolute Gasteiger partial charge is 0.330 e. The summed E-state index contributed by atoms with van der Waals surface area (Å²) in [4.78, 5) is 11.6. The average Bonchev–Trinajstić information content (AvgIpc) is 2.60. The normalized spacial score (nSPS) is 15.6. The summed E-state index contributed by atoms with van der Waals surface area (Å²) in [5, 5.41) is 0. The molecule has 5 heteroatoms. The number of esters is 1. The molecule has 0 aromatic heterocycles. The Bertz CT molecular complexity index is 453. The van der Waals surface area contributed by atoms with Crippen molar-refractivity contribution >= 4 is 5.97 Å². The van der Waals surface area contributed by atoms with E-state index in [0.717, 1.165) is 18.4 Å². The van der Waals surface area contributed by atoms with Gasteiger partial charge in [0.2, 0.25) is 0 Å². The van der Waals surface area contributed by atoms with E-state index in [2.05, 4.69) is 13.2 Å². The first-order chi connectivity index (χ1) is 12.0. The van der Waals surface area contributed by atoms with Crippen molar-refractivity contribution in [3.05, 3.63) is 49.1 Å². The fraction of sp³-hybridized carbons (Fsp3) is 0.550. The minimum Gasteiger partial charge on any atom is -0.458 e. The first-order valence-electron chi connectivity index (χ1n) is 8.37. The molecule has 0 aliphatic carbocycles. The Morgan fingerprint density at radius 1 is 1.20 bits per heavy atom. The van der Waals surface area contributed by atoms with Crippen LogP contribution < -0.4 is 0 Å². The Labute approximate surface area is 152 Å². The summed E-state index contributed by atoms with van der Waals surface area (Å²) in [5.41, 5.74) is 0.935. The van der Waals surface area contributed by atoms with Crippen molar-refractivity contribution in [2.45, 2.75) is 38.9 Å². The van der Waals surface area contributed by atoms with Crippen LogP contribution in [0.4, 0.5) is 0 Å². The summed E-state index contributed by atoms with van der Waals surface area (Å²) in [6, 6.07) is 0. The minimum atomic E-state index is -0.350. The highest BCUT2D eigenvalue weighted by Gasteiger charge is 2.24. The Hall–Kier alpha value is -1.69. The van der Waals surface area contributed by atoms with Crippen LogP contribution in [-0.2, 0) is 23.7 Å². The second-order valence-corrected chi connectivity index (χ2v) is 5.72. The molecule has 0 N–H and O–H groups in total. The van der Waals surface area contributed by atoms with E-state index in [-0.39, 0.29) is 37.5 Å². The second kappa shape index (κ2) is 14.6. The molecule has 0 aromatic rings. The predicted molar refractivity (Wildman–Crippen MR) is 100 cm³/mol. The molecule has 0 radical (unpaired) electrons. The van der Waals surface area contributed by atoms with Gasteiger partial charge in [-0.05, 0) is 25.3 Å². The highest BCUT2D eigenvalue weighted by Crippen LogP contribution is 2.18. The SMILES string of the molecule is C=CCC/C=C/C(=O)OC/C(C)=C\[C@@H](C)[C@H](OCOC)[C@H](C=C)OC. The molecule has 5 nitrogen and oxygen atoms in total. The summed E-state index contributed by atoms with van der Waals surface area (Å²) in [5.74, 6) is -0.322. The molecule has 0 rings (SSSR count). The Morgan fingerprint density at radius 3 is 2.48 bits per heavy atom. The maximum absolute atomic E-state index is 11.6. The van der Waals surface area contributed by atoms with Gasteiger partial charge in [0.15, 0.2) is 0 Å². The molecule has 0 aliphatic heterocycles. The number of ether oxygens (including phenoxy) is 4. The van der Waals surface area contributed by atoms with Crippen LogP contribution in [0.3, 0.4) is 0 Å². The standard InChI is InChI=1S/C20H32O5/c1-7-9-10-11-12-19(21)24-14-16(3)13-17(4)20(25-15-22-5)18(8-2)23-6/h7-8,11-13,17-18,20H,1-2,9-10,14-15H2,3-6H3/b12-11+,16-13-/t17-,18+,20+/m1/s1. The van der Waals surface area contributed by atoms with Gasteiger partial charge in [0.25, 0.3) is 0 Å². The van der Waals surface area contributed by atoms with Gasteiger partial charge in [-0.15, -0.1) is 13.2 Å². The maximum Gasteiger partial charge on any atom is 0.330 e. The Morgan fingerprint density at radius 2 is 1.92 bits per heavy atom. The molecule has 0 aromatic carbocycles. The number of rotatable bonds is 14. The van der Waals surface area contributed by atoms with Crippen molar-refractivity contribution in [2.24, 2.45) is 5.92 Å². The molecule has 0 aliphatic rings. The van der Waals surface area contributed by atoms with E-state index in [0.29, 0.717) is 0 Å². The lowest BCUT2D eigenvalue weighted by molar-refractivity contribution is -0.136. The molecular formula is C20H32O5. The van der Waals surface area contributed by atoms with Crippen molar-refractivity contribution in [1.82, 2.24) is 0 Å². The van der Waals surface area contributed by atoms with Crippen LogP contribution >= 0.6 is 0 Å². The van der Waals surface area contributed by atoms with Crippen LogP contribution in [0, 0.1) is 5.92 Å². The van der Waals surface area contributed by atoms with Gasteiger partial charge in [-0.2, -0.15) is 0 Å². The topological polar surface area (TPSA) is 54.0 Å². The van der Waals surface area contributed by atoms with E-state index >= 15 is 0 Å². The van der Waals surface area contributed by atoms with Gasteiger partial charge in [-0.1, -0.05) is 31.2 Å². The summed E-state index contributed by atoms with van der Waals surface area (Å²) < 4.78 is 21.3. The lowest BCUT2D eigenvalue weighted by atomic mass is 9.97. The fourth-order valence-electron chi connectivity index (χ4n) is 2.28. The van der Waals surface area contributed by atoms with Gasteiger partial charge in [0, 0.05) is 26.2 Å². The molecule has 0 fully saturated rings. The van der Waals surface area contributed by atoms with Crippen molar-refractivity contribution in [3.63, 3.8) is 0 Å². The van der Waals surface area contributed by atoms with Gasteiger partial charge in [-0.25, -0.2) is 4.79 Å². The quantitative estimate of drug-likeness (QED) is 0.156. The zero-order valence-electron chi connectivity index (χ0n) is 15.9. The molecule has 0 bridgehead atoms. The minimum absolute atomic E-state index is 0.0277. The molecule has 25 heavy (non-hydrogen) atoms. The lowest BCUT2D eigenvalue weighted by Gasteiger charge is -2.27. The second-order valence-electron chi connectivity index (χ2n) is 5.72. The van der Waals surface area contributed by atoms with Crippen molar-refractivity contribution in [1.29, 1.82) is 0 Å². The van der Waals surface area contributed by atoms with E-state index in [1.807, 2.05) is 26.0 Å². The molecule has 0 unspecified atom stereocenters. The van der Waals surface area contributed by atoms with E-state index in [1.165, 1.54) is 6.08 Å². The summed E-state index contributed by atoms with van der Waals surface area (Å²) in [7, 11) is 3.18. The number of hydrogen-bond donors (Lipinski definition) is 0. The Balaban J connectivity index is 4.63. The van der Waals surface area contributed by atoms with Crippen molar-refractivity contribution in [2.75, 3.05) is 27.6 Å². The van der Waals surface area contributed by atoms with Crippen LogP contribution in [0.15, 0.2) is 49.1 Å². The zero-order chi connectivity index (χ0) is 19.1. The van der Waals surface area contributed by atoms with Crippen molar-refractivity contribution in [3.8, 4) is 0 Å². The molecule has 0 saturated heterocycles. The van der Waals surface area contributed by atoms with E-state index in [9.17, 15) is 4.79 Å². The van der Waals surface area contributed by atoms with E-state index in [1.54, 1.807) is 26.4 Å². The number of carbonyl (C=O) groups is 1. The lowest BCUT2D eigenvalue weighted by Crippen LogP contribution is -2.35. The first kappa shape index (κ1) is 23.3. The number of unbranched alkanes of at least 4 members (excludes halogenated alkanes) is 1. The Kier molecular flexibility index (Phi) is 13.6. The third-order valence-corrected chi connectivity index (χ3v) is 3.51. The summed E-state index contributed by atoms with van der Waals surface area (Å²) >= 11 is 0. The van der Waals surface area contributed by atoms with Gasteiger partial charge in [0.05, 0.1) is 6.10 Å². The molecule has 0 heterocycles. The molecular weight excluding hydrogens is 320 g/mol. The summed E-state index contributed by atoms with van der Waals surface area (Å²) in [6.45, 7) is 11.7. The highest BCUT2D eigenvalue weighted by molar-refractivity contribution is 5.81. The monoisotopic (exact) mass is 352 g/mol. The third kappa shape index (κ3) is 10.7. The number of carbonyl (C=O) groups excluding carboxylic acids is 1. The molecule has 142 valence electrons. The molecule has 0 saturated carbocycles. The molecule has 0 spiro atoms. The van der Waals surface area contributed by atoms with Gasteiger partial charge in [0.1, 0.15) is 19.5 Å².